The van der Waals surface area contributed by atoms with Gasteiger partial charge in [-0.1, -0.05) is 32.5 Å². The van der Waals surface area contributed by atoms with Gasteiger partial charge in [0.05, 0.1) is 11.4 Å². The Kier molecular flexibility index (Phi) is 5.24. The molecule has 0 radical (unpaired) electrons. The molecule has 1 aliphatic heterocycles. The molecule has 2 aromatic rings. The smallest absolute Gasteiger partial charge is 0.234 e. The Morgan fingerprint density at radius 1 is 1.32 bits per heavy atom. The van der Waals surface area contributed by atoms with E-state index in [2.05, 4.69) is 36.4 Å². The quantitative estimate of drug-likeness (QED) is 0.728. The van der Waals surface area contributed by atoms with E-state index < -0.39 is 0 Å². The Balaban J connectivity index is 1.60. The standard InChI is InChI=1S/C16H19BrN4O3S/c1-16(2,3)14-19-15(21-20-14)25-8-13(22)18-10-7-12-11(6-9(10)17)23-4-5-24-12/h6-7H,4-5,8H2,1-3H3,(H,18,22)(H,19,20,21). The molecule has 9 heteroatoms. The molecule has 0 saturated heterocycles. The average Bonchev–Trinajstić information content (AvgIpc) is 3.03. The minimum absolute atomic E-state index is 0.107. The molecule has 0 spiro atoms. The Labute approximate surface area is 158 Å². The molecule has 0 saturated carbocycles. The first-order valence-corrected chi connectivity index (χ1v) is 9.55. The lowest BCUT2D eigenvalue weighted by Gasteiger charge is -2.20. The Hall–Kier alpha value is -1.74. The summed E-state index contributed by atoms with van der Waals surface area (Å²) in [7, 11) is 0. The topological polar surface area (TPSA) is 89.1 Å². The predicted octanol–water partition coefficient (Wildman–Crippen LogP) is 3.37. The third-order valence-corrected chi connectivity index (χ3v) is 4.92. The van der Waals surface area contributed by atoms with Crippen LogP contribution in [0.15, 0.2) is 21.8 Å². The molecular weight excluding hydrogens is 408 g/mol. The number of carbonyl (C=O) groups excluding carboxylic acids is 1. The normalized spacial score (nSPS) is 13.6. The Morgan fingerprint density at radius 3 is 2.64 bits per heavy atom. The summed E-state index contributed by atoms with van der Waals surface area (Å²) in [6, 6.07) is 3.55. The summed E-state index contributed by atoms with van der Waals surface area (Å²) in [5.41, 5.74) is 0.532. The number of thioether (sulfide) groups is 1. The molecule has 2 heterocycles. The predicted molar refractivity (Wildman–Crippen MR) is 99.6 cm³/mol. The molecule has 3 rings (SSSR count). The highest BCUT2D eigenvalue weighted by Gasteiger charge is 2.20. The van der Waals surface area contributed by atoms with E-state index >= 15 is 0 Å². The van der Waals surface area contributed by atoms with Gasteiger partial charge in [-0.25, -0.2) is 4.98 Å². The third kappa shape index (κ3) is 4.46. The van der Waals surface area contributed by atoms with Crippen molar-refractivity contribution in [2.24, 2.45) is 0 Å². The van der Waals surface area contributed by atoms with Crippen LogP contribution in [-0.2, 0) is 10.2 Å². The first kappa shape index (κ1) is 18.1. The number of carbonyl (C=O) groups is 1. The van der Waals surface area contributed by atoms with Crippen molar-refractivity contribution in [1.29, 1.82) is 0 Å². The summed E-state index contributed by atoms with van der Waals surface area (Å²) in [5.74, 6) is 2.15. The lowest BCUT2D eigenvalue weighted by Crippen LogP contribution is -2.17. The highest BCUT2D eigenvalue weighted by molar-refractivity contribution is 9.10. The number of nitrogens with one attached hydrogen (secondary N) is 2. The van der Waals surface area contributed by atoms with Crippen LogP contribution < -0.4 is 14.8 Å². The van der Waals surface area contributed by atoms with Crippen molar-refractivity contribution in [3.63, 3.8) is 0 Å². The number of halogens is 1. The molecule has 0 atom stereocenters. The molecule has 25 heavy (non-hydrogen) atoms. The molecular formula is C16H19BrN4O3S. The van der Waals surface area contributed by atoms with Gasteiger partial charge in [0.25, 0.3) is 0 Å². The summed E-state index contributed by atoms with van der Waals surface area (Å²) < 4.78 is 11.8. The lowest BCUT2D eigenvalue weighted by atomic mass is 9.96. The summed E-state index contributed by atoms with van der Waals surface area (Å²) in [5, 5.41) is 10.5. The van der Waals surface area contributed by atoms with Gasteiger partial charge < -0.3 is 14.8 Å². The van der Waals surface area contributed by atoms with E-state index in [0.717, 1.165) is 10.3 Å². The number of rotatable bonds is 4. The van der Waals surface area contributed by atoms with Crippen LogP contribution in [0, 0.1) is 0 Å². The zero-order chi connectivity index (χ0) is 18.0. The zero-order valence-corrected chi connectivity index (χ0v) is 16.6. The van der Waals surface area contributed by atoms with Gasteiger partial charge in [-0.2, -0.15) is 0 Å². The number of hydrogen-bond acceptors (Lipinski definition) is 6. The number of benzene rings is 1. The number of anilines is 1. The molecule has 1 amide bonds. The van der Waals surface area contributed by atoms with Crippen molar-refractivity contribution >= 4 is 39.3 Å². The van der Waals surface area contributed by atoms with Gasteiger partial charge in [0.2, 0.25) is 11.1 Å². The third-order valence-electron chi connectivity index (χ3n) is 3.41. The Morgan fingerprint density at radius 2 is 2.00 bits per heavy atom. The Bertz CT molecular complexity index is 788. The second kappa shape index (κ2) is 7.25. The first-order chi connectivity index (χ1) is 11.8. The van der Waals surface area contributed by atoms with Crippen molar-refractivity contribution in [2.75, 3.05) is 24.3 Å². The van der Waals surface area contributed by atoms with Gasteiger partial charge >= 0.3 is 0 Å². The van der Waals surface area contributed by atoms with E-state index in [-0.39, 0.29) is 17.1 Å². The maximum absolute atomic E-state index is 12.2. The SMILES string of the molecule is CC(C)(C)c1nc(SCC(=O)Nc2cc3c(cc2Br)OCCO3)n[nH]1. The molecule has 0 aliphatic carbocycles. The van der Waals surface area contributed by atoms with Gasteiger partial charge in [0.15, 0.2) is 11.5 Å². The molecule has 0 bridgehead atoms. The number of nitrogens with zero attached hydrogens (tertiary/aromatic N) is 2. The number of hydrogen-bond donors (Lipinski definition) is 2. The molecule has 2 N–H and O–H groups in total. The van der Waals surface area contributed by atoms with Crippen molar-refractivity contribution < 1.29 is 14.3 Å². The number of amides is 1. The highest BCUT2D eigenvalue weighted by Crippen LogP contribution is 2.38. The number of aromatic nitrogens is 3. The molecule has 134 valence electrons. The fraction of sp³-hybridized carbons (Fsp3) is 0.438. The van der Waals surface area contributed by atoms with Crippen LogP contribution in [0.4, 0.5) is 5.69 Å². The van der Waals surface area contributed by atoms with Crippen LogP contribution in [0.2, 0.25) is 0 Å². The molecule has 0 fully saturated rings. The highest BCUT2D eigenvalue weighted by atomic mass is 79.9. The molecule has 7 nitrogen and oxygen atoms in total. The first-order valence-electron chi connectivity index (χ1n) is 7.77. The van der Waals surface area contributed by atoms with Crippen molar-refractivity contribution in [1.82, 2.24) is 15.2 Å². The molecule has 1 aliphatic rings. The number of aromatic amines is 1. The van der Waals surface area contributed by atoms with Crippen molar-refractivity contribution in [3.05, 3.63) is 22.4 Å². The van der Waals surface area contributed by atoms with Gasteiger partial charge in [-0.15, -0.1) is 5.10 Å². The van der Waals surface area contributed by atoms with Gasteiger partial charge in [-0.05, 0) is 15.9 Å². The molecule has 1 aromatic carbocycles. The largest absolute Gasteiger partial charge is 0.486 e. The lowest BCUT2D eigenvalue weighted by molar-refractivity contribution is -0.113. The van der Waals surface area contributed by atoms with E-state index in [1.54, 1.807) is 12.1 Å². The van der Waals surface area contributed by atoms with E-state index in [4.69, 9.17) is 9.47 Å². The van der Waals surface area contributed by atoms with Crippen LogP contribution in [0.1, 0.15) is 26.6 Å². The number of fused-ring (bicyclic) bond motifs is 1. The fourth-order valence-corrected chi connectivity index (χ4v) is 3.14. The van der Waals surface area contributed by atoms with Gasteiger partial charge in [0.1, 0.15) is 19.0 Å². The van der Waals surface area contributed by atoms with Crippen LogP contribution in [0.5, 0.6) is 11.5 Å². The van der Waals surface area contributed by atoms with Crippen LogP contribution >= 0.6 is 27.7 Å². The summed E-state index contributed by atoms with van der Waals surface area (Å²) in [6.45, 7) is 7.17. The van der Waals surface area contributed by atoms with Gasteiger partial charge in [-0.3, -0.25) is 9.89 Å². The van der Waals surface area contributed by atoms with Crippen molar-refractivity contribution in [2.45, 2.75) is 31.3 Å². The second-order valence-corrected chi connectivity index (χ2v) is 8.33. The van der Waals surface area contributed by atoms with E-state index in [0.29, 0.717) is 35.6 Å². The van der Waals surface area contributed by atoms with E-state index in [1.807, 2.05) is 20.8 Å². The number of H-pyrrole nitrogens is 1. The summed E-state index contributed by atoms with van der Waals surface area (Å²) in [6.07, 6.45) is 0. The fourth-order valence-electron chi connectivity index (χ4n) is 2.12. The summed E-state index contributed by atoms with van der Waals surface area (Å²) >= 11 is 4.72. The number of ether oxygens (including phenoxy) is 2. The average molecular weight is 427 g/mol. The van der Waals surface area contributed by atoms with Gasteiger partial charge in [0, 0.05) is 22.0 Å². The maximum atomic E-state index is 12.2. The minimum Gasteiger partial charge on any atom is -0.486 e. The van der Waals surface area contributed by atoms with Crippen LogP contribution in [0.25, 0.3) is 0 Å². The second-order valence-electron chi connectivity index (χ2n) is 6.53. The van der Waals surface area contributed by atoms with E-state index in [9.17, 15) is 4.79 Å². The van der Waals surface area contributed by atoms with Crippen molar-refractivity contribution in [3.8, 4) is 11.5 Å². The van der Waals surface area contributed by atoms with Crippen LogP contribution in [-0.4, -0.2) is 40.1 Å². The zero-order valence-electron chi connectivity index (χ0n) is 14.2. The molecule has 1 aromatic heterocycles. The molecule has 0 unspecified atom stereocenters. The van der Waals surface area contributed by atoms with Crippen LogP contribution in [0.3, 0.4) is 0 Å². The maximum Gasteiger partial charge on any atom is 0.234 e. The van der Waals surface area contributed by atoms with E-state index in [1.165, 1.54) is 11.8 Å². The monoisotopic (exact) mass is 426 g/mol. The minimum atomic E-state index is -0.149. The summed E-state index contributed by atoms with van der Waals surface area (Å²) in [4.78, 5) is 16.6.